The lowest BCUT2D eigenvalue weighted by Gasteiger charge is -2.37. The van der Waals surface area contributed by atoms with Crippen molar-refractivity contribution < 1.29 is 32.2 Å². The number of aromatic amines is 1. The van der Waals surface area contributed by atoms with E-state index in [1.165, 1.54) is 31.6 Å². The van der Waals surface area contributed by atoms with Crippen LogP contribution in [0.25, 0.3) is 0 Å². The molecule has 1 aliphatic rings. The highest BCUT2D eigenvalue weighted by Gasteiger charge is 2.38. The van der Waals surface area contributed by atoms with Gasteiger partial charge in [-0.1, -0.05) is 11.3 Å². The molecule has 1 saturated heterocycles. The Morgan fingerprint density at radius 2 is 2.16 bits per heavy atom. The molecule has 2 aromatic rings. The van der Waals surface area contributed by atoms with Gasteiger partial charge in [0.05, 0.1) is 24.9 Å². The maximum absolute atomic E-state index is 12.9. The van der Waals surface area contributed by atoms with Crippen LogP contribution in [0.15, 0.2) is 6.20 Å². The molecule has 0 bridgehead atoms. The molecular weight excluding hydrogens is 439 g/mol. The van der Waals surface area contributed by atoms with Gasteiger partial charge in [0.15, 0.2) is 16.6 Å². The fourth-order valence-corrected chi connectivity index (χ4v) is 4.13. The van der Waals surface area contributed by atoms with Crippen LogP contribution in [-0.4, -0.2) is 65.8 Å². The van der Waals surface area contributed by atoms with Gasteiger partial charge in [-0.25, -0.2) is 14.8 Å². The lowest BCUT2D eigenvalue weighted by atomic mass is 10.0. The Morgan fingerprint density at radius 1 is 1.42 bits per heavy atom. The van der Waals surface area contributed by atoms with Crippen molar-refractivity contribution in [2.75, 3.05) is 31.7 Å². The van der Waals surface area contributed by atoms with Crippen molar-refractivity contribution in [3.63, 3.8) is 0 Å². The number of anilines is 1. The van der Waals surface area contributed by atoms with E-state index in [1.54, 1.807) is 6.92 Å². The number of H-pyrrole nitrogens is 1. The first-order valence-electron chi connectivity index (χ1n) is 9.49. The van der Waals surface area contributed by atoms with Crippen LogP contribution in [0.1, 0.15) is 45.0 Å². The number of rotatable bonds is 6. The third-order valence-electron chi connectivity index (χ3n) is 4.79. The van der Waals surface area contributed by atoms with Gasteiger partial charge in [-0.2, -0.15) is 13.2 Å². The number of amides is 1. The van der Waals surface area contributed by atoms with Crippen LogP contribution in [-0.2, 0) is 15.7 Å². The number of esters is 1. The molecule has 1 amide bonds. The summed E-state index contributed by atoms with van der Waals surface area (Å²) < 4.78 is 49.2. The van der Waals surface area contributed by atoms with Crippen LogP contribution in [0, 0.1) is 6.92 Å². The summed E-state index contributed by atoms with van der Waals surface area (Å²) in [4.78, 5) is 36.6. The summed E-state index contributed by atoms with van der Waals surface area (Å²) in [6.07, 6.45) is -3.17. The second-order valence-corrected chi connectivity index (χ2v) is 7.88. The molecule has 0 aromatic carbocycles. The lowest BCUT2D eigenvalue weighted by molar-refractivity contribution is -0.141. The quantitative estimate of drug-likeness (QED) is 0.636. The Kier molecular flexibility index (Phi) is 6.84. The highest BCUT2D eigenvalue weighted by molar-refractivity contribution is 7.17. The number of thiazole rings is 1. The van der Waals surface area contributed by atoms with Crippen molar-refractivity contribution in [2.45, 2.75) is 38.6 Å². The average Bonchev–Trinajstić information content (AvgIpc) is 3.35. The Hall–Kier alpha value is -2.67. The molecule has 2 atom stereocenters. The molecule has 0 radical (unpaired) electrons. The Bertz CT molecular complexity index is 945. The van der Waals surface area contributed by atoms with Crippen LogP contribution in [0.2, 0.25) is 0 Å². The van der Waals surface area contributed by atoms with E-state index in [4.69, 9.17) is 9.47 Å². The van der Waals surface area contributed by atoms with E-state index in [2.05, 4.69) is 20.3 Å². The molecule has 0 saturated carbocycles. The summed E-state index contributed by atoms with van der Waals surface area (Å²) in [6, 6.07) is -0.432. The van der Waals surface area contributed by atoms with E-state index >= 15 is 0 Å². The second-order valence-electron chi connectivity index (χ2n) is 6.87. The third-order valence-corrected chi connectivity index (χ3v) is 5.83. The summed E-state index contributed by atoms with van der Waals surface area (Å²) in [5, 5.41) is 3.31. The number of nitrogens with zero attached hydrogens (tertiary/aromatic N) is 3. The van der Waals surface area contributed by atoms with E-state index in [0.717, 1.165) is 0 Å². The van der Waals surface area contributed by atoms with Crippen LogP contribution >= 0.6 is 11.3 Å². The summed E-state index contributed by atoms with van der Waals surface area (Å²) in [5.41, 5.74) is -1.34. The summed E-state index contributed by atoms with van der Waals surface area (Å²) in [7, 11) is 1.48. The van der Waals surface area contributed by atoms with Crippen molar-refractivity contribution in [3.05, 3.63) is 28.3 Å². The van der Waals surface area contributed by atoms with E-state index in [-0.39, 0.29) is 12.3 Å². The molecule has 2 N–H and O–H groups in total. The highest BCUT2D eigenvalue weighted by Crippen LogP contribution is 2.30. The van der Waals surface area contributed by atoms with Crippen molar-refractivity contribution >= 4 is 28.3 Å². The maximum atomic E-state index is 12.9. The number of aryl methyl sites for hydroxylation is 1. The van der Waals surface area contributed by atoms with Gasteiger partial charge in [0.1, 0.15) is 4.88 Å². The predicted molar refractivity (Wildman–Crippen MR) is 105 cm³/mol. The summed E-state index contributed by atoms with van der Waals surface area (Å²) in [6.45, 7) is 4.08. The van der Waals surface area contributed by atoms with Gasteiger partial charge < -0.3 is 24.7 Å². The van der Waals surface area contributed by atoms with Gasteiger partial charge in [-0.3, -0.25) is 4.79 Å². The normalized spacial score (nSPS) is 19.4. The van der Waals surface area contributed by atoms with Gasteiger partial charge in [-0.15, -0.1) is 0 Å². The van der Waals surface area contributed by atoms with Gasteiger partial charge in [0.2, 0.25) is 0 Å². The Morgan fingerprint density at radius 3 is 2.77 bits per heavy atom. The third kappa shape index (κ3) is 5.15. The number of nitrogens with one attached hydrogen (secondary N) is 2. The van der Waals surface area contributed by atoms with Crippen LogP contribution in [0.3, 0.4) is 0 Å². The number of carbonyl (C=O) groups is 2. The molecule has 1 aliphatic heterocycles. The molecule has 1 fully saturated rings. The standard InChI is InChI=1S/C18H22F3N5O4S/c1-4-30-16(28)12-7-22-17(31-12)26-6-5-10(11(8-26)29-3)24-15(27)14-23-9(2)13(25-14)18(19,20)21/h7,10-11H,4-6,8H2,1-3H3,(H,23,25)(H,24,27)/t10-,11+/m0/s1. The molecule has 170 valence electrons. The van der Waals surface area contributed by atoms with Crippen molar-refractivity contribution in [1.29, 1.82) is 0 Å². The molecular formula is C18H22F3N5O4S. The molecule has 31 heavy (non-hydrogen) atoms. The number of hydrogen-bond donors (Lipinski definition) is 2. The first-order chi connectivity index (χ1) is 14.6. The fourth-order valence-electron chi connectivity index (χ4n) is 3.28. The minimum absolute atomic E-state index is 0.225. The van der Waals surface area contributed by atoms with Crippen LogP contribution in [0.4, 0.5) is 18.3 Å². The van der Waals surface area contributed by atoms with Crippen molar-refractivity contribution in [3.8, 4) is 0 Å². The van der Waals surface area contributed by atoms with Gasteiger partial charge in [0, 0.05) is 25.9 Å². The van der Waals surface area contributed by atoms with Crippen molar-refractivity contribution in [2.24, 2.45) is 0 Å². The smallest absolute Gasteiger partial charge is 0.435 e. The van der Waals surface area contributed by atoms with E-state index in [1.807, 2.05) is 4.90 Å². The maximum Gasteiger partial charge on any atom is 0.435 e. The van der Waals surface area contributed by atoms with Crippen LogP contribution in [0.5, 0.6) is 0 Å². The van der Waals surface area contributed by atoms with E-state index in [0.29, 0.717) is 29.5 Å². The number of methoxy groups -OCH3 is 1. The highest BCUT2D eigenvalue weighted by atomic mass is 32.1. The second kappa shape index (κ2) is 9.22. The zero-order valence-electron chi connectivity index (χ0n) is 17.1. The topological polar surface area (TPSA) is 109 Å². The molecule has 2 aromatic heterocycles. The zero-order valence-corrected chi connectivity index (χ0v) is 17.9. The van der Waals surface area contributed by atoms with Crippen LogP contribution < -0.4 is 10.2 Å². The Labute approximate surface area is 180 Å². The largest absolute Gasteiger partial charge is 0.462 e. The van der Waals surface area contributed by atoms with E-state index < -0.39 is 41.7 Å². The SMILES string of the molecule is CCOC(=O)c1cnc(N2CC[C@H](NC(=O)c3nc(C(F)(F)F)c(C)[nH]3)[C@H](OC)C2)s1. The minimum Gasteiger partial charge on any atom is -0.462 e. The fraction of sp³-hybridized carbons (Fsp3) is 0.556. The van der Waals surface area contributed by atoms with Gasteiger partial charge in [-0.05, 0) is 20.3 Å². The molecule has 13 heteroatoms. The zero-order chi connectivity index (χ0) is 22.8. The monoisotopic (exact) mass is 461 g/mol. The first kappa shape index (κ1) is 23.0. The molecule has 0 spiro atoms. The van der Waals surface area contributed by atoms with Crippen molar-refractivity contribution in [1.82, 2.24) is 20.3 Å². The molecule has 9 nitrogen and oxygen atoms in total. The summed E-state index contributed by atoms with van der Waals surface area (Å²) >= 11 is 1.19. The van der Waals surface area contributed by atoms with Gasteiger partial charge in [0.25, 0.3) is 5.91 Å². The summed E-state index contributed by atoms with van der Waals surface area (Å²) in [5.74, 6) is -1.58. The average molecular weight is 461 g/mol. The molecule has 3 rings (SSSR count). The predicted octanol–water partition coefficient (Wildman–Crippen LogP) is 2.39. The van der Waals surface area contributed by atoms with E-state index in [9.17, 15) is 22.8 Å². The minimum atomic E-state index is -4.64. The number of alkyl halides is 3. The molecule has 0 aliphatic carbocycles. The Balaban J connectivity index is 1.65. The number of hydrogen-bond acceptors (Lipinski definition) is 8. The number of aromatic nitrogens is 3. The molecule has 0 unspecified atom stereocenters. The van der Waals surface area contributed by atoms with Gasteiger partial charge >= 0.3 is 12.1 Å². The number of halogens is 3. The number of ether oxygens (including phenoxy) is 2. The number of imidazole rings is 1. The first-order valence-corrected chi connectivity index (χ1v) is 10.3. The number of carbonyl (C=O) groups excluding carboxylic acids is 2. The number of piperidine rings is 1. The lowest BCUT2D eigenvalue weighted by Crippen LogP contribution is -2.55. The molecule has 3 heterocycles.